The molecule has 0 saturated heterocycles. The van der Waals surface area contributed by atoms with E-state index < -0.39 is 7.82 Å². The van der Waals surface area contributed by atoms with Crippen molar-refractivity contribution in [3.8, 4) is 16.9 Å². The summed E-state index contributed by atoms with van der Waals surface area (Å²) in [7, 11) is -4.53. The lowest BCUT2D eigenvalue weighted by molar-refractivity contribution is 0.282. The van der Waals surface area contributed by atoms with Crippen LogP contribution in [0.5, 0.6) is 5.75 Å². The largest absolute Gasteiger partial charge is 0.524 e. The summed E-state index contributed by atoms with van der Waals surface area (Å²) in [6.07, 6.45) is 0. The molecule has 0 spiro atoms. The maximum atomic E-state index is 10.9. The molecule has 0 aromatic heterocycles. The Labute approximate surface area is 118 Å². The van der Waals surface area contributed by atoms with Crippen molar-refractivity contribution in [3.05, 3.63) is 53.1 Å². The van der Waals surface area contributed by atoms with Gasteiger partial charge in [-0.3, -0.25) is 9.79 Å². The summed E-state index contributed by atoms with van der Waals surface area (Å²) in [5.74, 6) is 0.216. The molecule has 0 aliphatic rings. The molecule has 0 heterocycles. The predicted octanol–water partition coefficient (Wildman–Crippen LogP) is 3.75. The first kappa shape index (κ1) is 14.8. The molecule has 106 valence electrons. The Kier molecular flexibility index (Phi) is 4.00. The zero-order chi connectivity index (χ0) is 14.9. The number of hydrogen-bond donors (Lipinski definition) is 2. The summed E-state index contributed by atoms with van der Waals surface area (Å²) < 4.78 is 15.6. The Morgan fingerprint density at radius 3 is 2.15 bits per heavy atom. The molecule has 2 N–H and O–H groups in total. The molecule has 0 atom stereocenters. The minimum absolute atomic E-state index is 0.216. The van der Waals surface area contributed by atoms with Crippen LogP contribution in [0.1, 0.15) is 16.7 Å². The van der Waals surface area contributed by atoms with Gasteiger partial charge in [0.1, 0.15) is 5.75 Å². The molecule has 0 radical (unpaired) electrons. The van der Waals surface area contributed by atoms with Crippen molar-refractivity contribution in [1.29, 1.82) is 0 Å². The van der Waals surface area contributed by atoms with Gasteiger partial charge in [0.15, 0.2) is 0 Å². The number of aryl methyl sites for hydroxylation is 1. The zero-order valence-electron chi connectivity index (χ0n) is 11.6. The summed E-state index contributed by atoms with van der Waals surface area (Å²) >= 11 is 0. The Morgan fingerprint density at radius 2 is 1.55 bits per heavy atom. The first-order chi connectivity index (χ1) is 9.29. The van der Waals surface area contributed by atoms with Crippen molar-refractivity contribution in [1.82, 2.24) is 0 Å². The van der Waals surface area contributed by atoms with Gasteiger partial charge in [-0.25, -0.2) is 4.57 Å². The highest BCUT2D eigenvalue weighted by atomic mass is 31.2. The highest BCUT2D eigenvalue weighted by Gasteiger charge is 2.19. The van der Waals surface area contributed by atoms with Crippen LogP contribution in [0.4, 0.5) is 0 Å². The van der Waals surface area contributed by atoms with Crippen LogP contribution in [0.15, 0.2) is 36.4 Å². The van der Waals surface area contributed by atoms with Gasteiger partial charge in [-0.05, 0) is 54.7 Å². The van der Waals surface area contributed by atoms with E-state index >= 15 is 0 Å². The summed E-state index contributed by atoms with van der Waals surface area (Å²) in [6.45, 7) is 5.75. The van der Waals surface area contributed by atoms with Crippen LogP contribution >= 0.6 is 7.82 Å². The number of phosphoric acid groups is 1. The van der Waals surface area contributed by atoms with Crippen LogP contribution in [-0.4, -0.2) is 9.79 Å². The molecule has 2 rings (SSSR count). The lowest BCUT2D eigenvalue weighted by atomic mass is 9.94. The first-order valence-corrected chi connectivity index (χ1v) is 7.74. The van der Waals surface area contributed by atoms with Crippen molar-refractivity contribution >= 4 is 7.82 Å². The fraction of sp³-hybridized carbons (Fsp3) is 0.200. The molecule has 4 nitrogen and oxygen atoms in total. The minimum atomic E-state index is -4.53. The fourth-order valence-electron chi connectivity index (χ4n) is 2.19. The average molecular weight is 292 g/mol. The van der Waals surface area contributed by atoms with E-state index in [1.165, 1.54) is 0 Å². The third-order valence-electron chi connectivity index (χ3n) is 3.39. The van der Waals surface area contributed by atoms with E-state index in [4.69, 9.17) is 14.3 Å². The highest BCUT2D eigenvalue weighted by molar-refractivity contribution is 7.46. The van der Waals surface area contributed by atoms with E-state index in [2.05, 4.69) is 0 Å². The summed E-state index contributed by atoms with van der Waals surface area (Å²) in [6, 6.07) is 11.4. The van der Waals surface area contributed by atoms with Gasteiger partial charge in [0.25, 0.3) is 0 Å². The molecular formula is C15H17O4P. The van der Waals surface area contributed by atoms with Crippen LogP contribution in [0.3, 0.4) is 0 Å². The molecule has 0 bridgehead atoms. The van der Waals surface area contributed by atoms with Crippen molar-refractivity contribution in [2.75, 3.05) is 0 Å². The second-order valence-corrected chi connectivity index (χ2v) is 5.92. The van der Waals surface area contributed by atoms with Gasteiger partial charge in [-0.2, -0.15) is 0 Å². The lowest BCUT2D eigenvalue weighted by Gasteiger charge is -2.16. The van der Waals surface area contributed by atoms with Crippen LogP contribution in [0.2, 0.25) is 0 Å². The molecule has 20 heavy (non-hydrogen) atoms. The first-order valence-electron chi connectivity index (χ1n) is 6.21. The van der Waals surface area contributed by atoms with Crippen molar-refractivity contribution in [2.24, 2.45) is 0 Å². The van der Waals surface area contributed by atoms with Crippen LogP contribution in [-0.2, 0) is 4.57 Å². The Morgan fingerprint density at radius 1 is 0.900 bits per heavy atom. The number of phosphoric ester groups is 1. The molecule has 0 saturated carbocycles. The third-order valence-corrected chi connectivity index (χ3v) is 3.82. The van der Waals surface area contributed by atoms with E-state index in [0.717, 1.165) is 27.8 Å². The van der Waals surface area contributed by atoms with Crippen molar-refractivity contribution in [3.63, 3.8) is 0 Å². The average Bonchev–Trinajstić information content (AvgIpc) is 2.35. The summed E-state index contributed by atoms with van der Waals surface area (Å²) in [5, 5.41) is 0. The lowest BCUT2D eigenvalue weighted by Crippen LogP contribution is -1.96. The highest BCUT2D eigenvalue weighted by Crippen LogP contribution is 2.41. The van der Waals surface area contributed by atoms with E-state index in [9.17, 15) is 4.57 Å². The van der Waals surface area contributed by atoms with E-state index in [1.807, 2.05) is 44.2 Å². The molecular weight excluding hydrogens is 275 g/mol. The standard InChI is InChI=1S/C15H17O4P/c1-10-6-4-5-7-13(10)14-8-9-15(12(3)11(14)2)19-20(16,17)18/h4-9H,1-3H3,(H2,16,17,18). The maximum absolute atomic E-state index is 10.9. The van der Waals surface area contributed by atoms with Gasteiger partial charge < -0.3 is 4.52 Å². The smallest absolute Gasteiger partial charge is 0.404 e. The zero-order valence-corrected chi connectivity index (χ0v) is 12.5. The van der Waals surface area contributed by atoms with Gasteiger partial charge >= 0.3 is 7.82 Å². The summed E-state index contributed by atoms with van der Waals surface area (Å²) in [4.78, 5) is 17.8. The van der Waals surface area contributed by atoms with Gasteiger partial charge in [-0.1, -0.05) is 30.3 Å². The SMILES string of the molecule is Cc1ccccc1-c1ccc(OP(=O)(O)O)c(C)c1C. The Bertz CT molecular complexity index is 688. The van der Waals surface area contributed by atoms with Gasteiger partial charge in [0.05, 0.1) is 0 Å². The fourth-order valence-corrected chi connectivity index (χ4v) is 2.64. The molecule has 0 aliphatic carbocycles. The maximum Gasteiger partial charge on any atom is 0.524 e. The quantitative estimate of drug-likeness (QED) is 0.845. The van der Waals surface area contributed by atoms with E-state index in [-0.39, 0.29) is 5.75 Å². The normalized spacial score (nSPS) is 11.4. The molecule has 0 fully saturated rings. The van der Waals surface area contributed by atoms with Crippen LogP contribution in [0, 0.1) is 20.8 Å². The molecule has 2 aromatic rings. The Balaban J connectivity index is 2.52. The molecule has 0 amide bonds. The minimum Gasteiger partial charge on any atom is -0.404 e. The molecule has 0 unspecified atom stereocenters. The Hall–Kier alpha value is -1.61. The topological polar surface area (TPSA) is 66.8 Å². The molecule has 5 heteroatoms. The van der Waals surface area contributed by atoms with Crippen molar-refractivity contribution < 1.29 is 18.9 Å². The van der Waals surface area contributed by atoms with Gasteiger partial charge in [0, 0.05) is 0 Å². The monoisotopic (exact) mass is 292 g/mol. The second-order valence-electron chi connectivity index (χ2n) is 4.76. The van der Waals surface area contributed by atoms with E-state index in [1.54, 1.807) is 13.0 Å². The number of benzene rings is 2. The number of hydrogen-bond acceptors (Lipinski definition) is 2. The number of rotatable bonds is 3. The molecule has 0 aliphatic heterocycles. The van der Waals surface area contributed by atoms with E-state index in [0.29, 0.717) is 0 Å². The molecule has 2 aromatic carbocycles. The van der Waals surface area contributed by atoms with Crippen molar-refractivity contribution in [2.45, 2.75) is 20.8 Å². The summed E-state index contributed by atoms with van der Waals surface area (Å²) in [5.41, 5.74) is 4.98. The van der Waals surface area contributed by atoms with Crippen LogP contribution < -0.4 is 4.52 Å². The predicted molar refractivity (Wildman–Crippen MR) is 78.8 cm³/mol. The van der Waals surface area contributed by atoms with Gasteiger partial charge in [-0.15, -0.1) is 0 Å². The van der Waals surface area contributed by atoms with Gasteiger partial charge in [0.2, 0.25) is 0 Å². The van der Waals surface area contributed by atoms with Crippen LogP contribution in [0.25, 0.3) is 11.1 Å². The third kappa shape index (κ3) is 3.10. The second kappa shape index (κ2) is 5.41.